The molecule has 0 saturated carbocycles. The summed E-state index contributed by atoms with van der Waals surface area (Å²) < 4.78 is 6.76. The monoisotopic (exact) mass is 367 g/mol. The van der Waals surface area contributed by atoms with Gasteiger partial charge >= 0.3 is 0 Å². The molecule has 0 saturated heterocycles. The van der Waals surface area contributed by atoms with Crippen LogP contribution < -0.4 is 10.6 Å². The lowest BCUT2D eigenvalue weighted by molar-refractivity contribution is -0.122. The molecule has 8 heteroatoms. The maximum absolute atomic E-state index is 12.5. The number of carbonyl (C=O) groups is 2. The van der Waals surface area contributed by atoms with Crippen LogP contribution in [-0.4, -0.2) is 32.9 Å². The number of nitrogens with zero attached hydrogens (tertiary/aromatic N) is 3. The van der Waals surface area contributed by atoms with Gasteiger partial charge in [-0.05, 0) is 50.6 Å². The van der Waals surface area contributed by atoms with E-state index in [4.69, 9.17) is 4.42 Å². The number of nitrogens with one attached hydrogen (secondary N) is 2. The van der Waals surface area contributed by atoms with Crippen molar-refractivity contribution in [1.82, 2.24) is 25.6 Å². The Morgan fingerprint density at radius 2 is 2.04 bits per heavy atom. The molecule has 0 radical (unpaired) electrons. The van der Waals surface area contributed by atoms with Gasteiger partial charge < -0.3 is 15.1 Å². The molecular weight excluding hydrogens is 346 g/mol. The molecule has 2 N–H and O–H groups in total. The van der Waals surface area contributed by atoms with Crippen molar-refractivity contribution >= 4 is 11.8 Å². The van der Waals surface area contributed by atoms with E-state index in [1.807, 2.05) is 31.2 Å². The minimum Gasteiger partial charge on any atom is -0.467 e. The molecule has 3 rings (SSSR count). The van der Waals surface area contributed by atoms with Gasteiger partial charge in [0.2, 0.25) is 5.91 Å². The third-order valence-corrected chi connectivity index (χ3v) is 4.11. The lowest BCUT2D eigenvalue weighted by Crippen LogP contribution is -2.44. The Bertz CT molecular complexity index is 946. The summed E-state index contributed by atoms with van der Waals surface area (Å²) >= 11 is 0. The van der Waals surface area contributed by atoms with E-state index in [1.165, 1.54) is 6.26 Å². The summed E-state index contributed by atoms with van der Waals surface area (Å²) in [5, 5.41) is 13.4. The molecule has 2 aromatic heterocycles. The normalized spacial score (nSPS) is 11.8. The van der Waals surface area contributed by atoms with Crippen molar-refractivity contribution in [2.75, 3.05) is 0 Å². The first-order valence-electron chi connectivity index (χ1n) is 8.56. The minimum atomic E-state index is -0.726. The first kappa shape index (κ1) is 18.4. The Hall–Kier alpha value is -3.42. The zero-order valence-electron chi connectivity index (χ0n) is 15.4. The second-order valence-electron chi connectivity index (χ2n) is 6.27. The van der Waals surface area contributed by atoms with Gasteiger partial charge in [-0.2, -0.15) is 0 Å². The van der Waals surface area contributed by atoms with Crippen LogP contribution in [0.3, 0.4) is 0 Å². The number of hydrogen-bond donors (Lipinski definition) is 2. The summed E-state index contributed by atoms with van der Waals surface area (Å²) in [5.41, 5.74) is 2.68. The molecule has 140 valence electrons. The number of aromatic nitrogens is 3. The highest BCUT2D eigenvalue weighted by atomic mass is 16.3. The number of furan rings is 1. The van der Waals surface area contributed by atoms with Gasteiger partial charge in [-0.1, -0.05) is 17.3 Å². The van der Waals surface area contributed by atoms with E-state index in [1.54, 1.807) is 30.7 Å². The zero-order chi connectivity index (χ0) is 19.4. The molecule has 3 aromatic rings. The molecule has 0 aliphatic rings. The number of carbonyl (C=O) groups excluding carboxylic acids is 2. The number of amides is 2. The quantitative estimate of drug-likeness (QED) is 0.693. The van der Waals surface area contributed by atoms with E-state index in [0.717, 1.165) is 11.3 Å². The SMILES string of the molecule is Cc1cccc(-n2nnc(C(=O)NC(C)C(=O)NCc3ccco3)c2C)c1. The van der Waals surface area contributed by atoms with Gasteiger partial charge in [0.15, 0.2) is 5.69 Å². The van der Waals surface area contributed by atoms with Gasteiger partial charge in [-0.15, -0.1) is 5.10 Å². The van der Waals surface area contributed by atoms with Gasteiger partial charge in [-0.3, -0.25) is 9.59 Å². The maximum atomic E-state index is 12.5. The second kappa shape index (κ2) is 7.86. The Balaban J connectivity index is 1.64. The fraction of sp³-hybridized carbons (Fsp3) is 0.263. The van der Waals surface area contributed by atoms with Gasteiger partial charge in [-0.25, -0.2) is 4.68 Å². The van der Waals surface area contributed by atoms with Crippen LogP contribution in [0.2, 0.25) is 0 Å². The molecule has 1 atom stereocenters. The average molecular weight is 367 g/mol. The molecule has 2 amide bonds. The van der Waals surface area contributed by atoms with Crippen LogP contribution in [0.15, 0.2) is 47.1 Å². The molecule has 1 aromatic carbocycles. The lowest BCUT2D eigenvalue weighted by Gasteiger charge is -2.13. The Morgan fingerprint density at radius 1 is 1.22 bits per heavy atom. The molecule has 0 aliphatic heterocycles. The smallest absolute Gasteiger partial charge is 0.274 e. The molecule has 0 bridgehead atoms. The summed E-state index contributed by atoms with van der Waals surface area (Å²) in [6, 6.07) is 10.5. The van der Waals surface area contributed by atoms with Gasteiger partial charge in [0.1, 0.15) is 11.8 Å². The van der Waals surface area contributed by atoms with Crippen molar-refractivity contribution in [2.45, 2.75) is 33.4 Å². The topological polar surface area (TPSA) is 102 Å². The summed E-state index contributed by atoms with van der Waals surface area (Å²) in [6.45, 7) is 5.61. The third kappa shape index (κ3) is 4.22. The number of aryl methyl sites for hydroxylation is 1. The molecule has 0 fully saturated rings. The first-order valence-corrected chi connectivity index (χ1v) is 8.56. The molecule has 0 spiro atoms. The maximum Gasteiger partial charge on any atom is 0.274 e. The van der Waals surface area contributed by atoms with E-state index in [-0.39, 0.29) is 18.1 Å². The second-order valence-corrected chi connectivity index (χ2v) is 6.27. The van der Waals surface area contributed by atoms with E-state index in [0.29, 0.717) is 11.5 Å². The first-order chi connectivity index (χ1) is 13.0. The summed E-state index contributed by atoms with van der Waals surface area (Å²) in [6.07, 6.45) is 1.53. The van der Waals surface area contributed by atoms with Gasteiger partial charge in [0.05, 0.1) is 24.2 Å². The van der Waals surface area contributed by atoms with Gasteiger partial charge in [0.25, 0.3) is 5.91 Å². The fourth-order valence-electron chi connectivity index (χ4n) is 2.61. The van der Waals surface area contributed by atoms with E-state index < -0.39 is 11.9 Å². The van der Waals surface area contributed by atoms with Crippen molar-refractivity contribution in [3.8, 4) is 5.69 Å². The van der Waals surface area contributed by atoms with Crippen molar-refractivity contribution < 1.29 is 14.0 Å². The van der Waals surface area contributed by atoms with Crippen molar-refractivity contribution in [3.05, 3.63) is 65.4 Å². The van der Waals surface area contributed by atoms with Crippen LogP contribution in [-0.2, 0) is 11.3 Å². The van der Waals surface area contributed by atoms with Crippen LogP contribution >= 0.6 is 0 Å². The van der Waals surface area contributed by atoms with Crippen molar-refractivity contribution in [3.63, 3.8) is 0 Å². The highest BCUT2D eigenvalue weighted by molar-refractivity contribution is 5.96. The van der Waals surface area contributed by atoms with E-state index in [9.17, 15) is 9.59 Å². The highest BCUT2D eigenvalue weighted by Gasteiger charge is 2.22. The molecule has 2 heterocycles. The Morgan fingerprint density at radius 3 is 2.74 bits per heavy atom. The zero-order valence-corrected chi connectivity index (χ0v) is 15.4. The van der Waals surface area contributed by atoms with Crippen LogP contribution in [0.5, 0.6) is 0 Å². The Labute approximate surface area is 156 Å². The highest BCUT2D eigenvalue weighted by Crippen LogP contribution is 2.13. The summed E-state index contributed by atoms with van der Waals surface area (Å²) in [7, 11) is 0. The van der Waals surface area contributed by atoms with E-state index >= 15 is 0 Å². The fourth-order valence-corrected chi connectivity index (χ4v) is 2.61. The third-order valence-electron chi connectivity index (χ3n) is 4.11. The number of rotatable bonds is 6. The largest absolute Gasteiger partial charge is 0.467 e. The standard InChI is InChI=1S/C19H21N5O3/c1-12-6-4-7-15(10-12)24-14(3)17(22-23-24)19(26)21-13(2)18(25)20-11-16-8-5-9-27-16/h4-10,13H,11H2,1-3H3,(H,20,25)(H,21,26). The van der Waals surface area contributed by atoms with E-state index in [2.05, 4.69) is 20.9 Å². The van der Waals surface area contributed by atoms with Crippen LogP contribution in [0, 0.1) is 13.8 Å². The molecular formula is C19H21N5O3. The van der Waals surface area contributed by atoms with Crippen LogP contribution in [0.25, 0.3) is 5.69 Å². The molecule has 0 aliphatic carbocycles. The summed E-state index contributed by atoms with van der Waals surface area (Å²) in [4.78, 5) is 24.6. The predicted molar refractivity (Wildman–Crippen MR) is 98.3 cm³/mol. The Kier molecular flexibility index (Phi) is 5.35. The van der Waals surface area contributed by atoms with Crippen LogP contribution in [0.1, 0.15) is 34.4 Å². The molecule has 1 unspecified atom stereocenters. The summed E-state index contributed by atoms with van der Waals surface area (Å²) in [5.74, 6) is -0.130. The van der Waals surface area contributed by atoms with Crippen molar-refractivity contribution in [1.29, 1.82) is 0 Å². The number of benzene rings is 1. The van der Waals surface area contributed by atoms with Crippen LogP contribution in [0.4, 0.5) is 0 Å². The van der Waals surface area contributed by atoms with Gasteiger partial charge in [0, 0.05) is 0 Å². The van der Waals surface area contributed by atoms with Crippen molar-refractivity contribution in [2.24, 2.45) is 0 Å². The molecule has 27 heavy (non-hydrogen) atoms. The minimum absolute atomic E-state index is 0.183. The lowest BCUT2D eigenvalue weighted by atomic mass is 10.2. The average Bonchev–Trinajstić information content (AvgIpc) is 3.29. The predicted octanol–water partition coefficient (Wildman–Crippen LogP) is 1.91. The molecule has 8 nitrogen and oxygen atoms in total. The number of hydrogen-bond acceptors (Lipinski definition) is 5.